The fraction of sp³-hybridized carbons (Fsp3) is 0.304. The Hall–Kier alpha value is -3.68. The van der Waals surface area contributed by atoms with E-state index in [1.54, 1.807) is 17.0 Å². The maximum atomic E-state index is 12.5. The number of aryl methyl sites for hydroxylation is 1. The smallest absolute Gasteiger partial charge is 0.319 e. The number of nitrogens with one attached hydrogen (secondary N) is 2. The molecule has 1 aromatic heterocycles. The van der Waals surface area contributed by atoms with Gasteiger partial charge in [-0.25, -0.2) is 4.79 Å². The Balaban J connectivity index is 1.47. The summed E-state index contributed by atoms with van der Waals surface area (Å²) in [6.45, 7) is 6.30. The van der Waals surface area contributed by atoms with E-state index in [2.05, 4.69) is 20.8 Å². The van der Waals surface area contributed by atoms with Crippen molar-refractivity contribution in [2.24, 2.45) is 0 Å². The molecule has 31 heavy (non-hydrogen) atoms. The van der Waals surface area contributed by atoms with Crippen molar-refractivity contribution in [3.8, 4) is 11.4 Å². The molecule has 8 nitrogen and oxygen atoms in total. The lowest BCUT2D eigenvalue weighted by atomic mass is 10.1. The van der Waals surface area contributed by atoms with Crippen LogP contribution in [0, 0.1) is 6.92 Å². The summed E-state index contributed by atoms with van der Waals surface area (Å²) >= 11 is 0. The molecule has 1 fully saturated rings. The first kappa shape index (κ1) is 20.6. The fourth-order valence-electron chi connectivity index (χ4n) is 3.53. The number of anilines is 2. The third-order valence-electron chi connectivity index (χ3n) is 5.06. The zero-order chi connectivity index (χ0) is 22.0. The van der Waals surface area contributed by atoms with E-state index in [-0.39, 0.29) is 23.9 Å². The van der Waals surface area contributed by atoms with Gasteiger partial charge < -0.3 is 20.1 Å². The molecule has 8 heteroatoms. The van der Waals surface area contributed by atoms with Gasteiger partial charge in [0, 0.05) is 35.9 Å². The predicted molar refractivity (Wildman–Crippen MR) is 118 cm³/mol. The Morgan fingerprint density at radius 2 is 1.97 bits per heavy atom. The van der Waals surface area contributed by atoms with Crippen LogP contribution in [0.15, 0.2) is 53.1 Å². The normalized spacial score (nSPS) is 16.1. The third-order valence-corrected chi connectivity index (χ3v) is 5.06. The van der Waals surface area contributed by atoms with E-state index in [0.29, 0.717) is 30.4 Å². The van der Waals surface area contributed by atoms with Crippen LogP contribution in [-0.2, 0) is 4.79 Å². The van der Waals surface area contributed by atoms with E-state index in [0.717, 1.165) is 16.8 Å². The fourth-order valence-corrected chi connectivity index (χ4v) is 3.53. The second-order valence-electron chi connectivity index (χ2n) is 8.03. The lowest BCUT2D eigenvalue weighted by Crippen LogP contribution is -2.34. The highest BCUT2D eigenvalue weighted by Crippen LogP contribution is 2.32. The SMILES string of the molecule is Cc1ccc(N2C[C@@H](c3nc(-c4cccc(NC(=O)NC(C)C)c4)no3)CC2=O)cc1. The Labute approximate surface area is 180 Å². The number of benzene rings is 2. The summed E-state index contributed by atoms with van der Waals surface area (Å²) in [4.78, 5) is 30.7. The number of urea groups is 1. The molecule has 2 aromatic carbocycles. The predicted octanol–water partition coefficient (Wildman–Crippen LogP) is 4.10. The van der Waals surface area contributed by atoms with Crippen LogP contribution >= 0.6 is 0 Å². The van der Waals surface area contributed by atoms with Gasteiger partial charge in [0.1, 0.15) is 0 Å². The molecule has 0 unspecified atom stereocenters. The maximum absolute atomic E-state index is 12.5. The van der Waals surface area contributed by atoms with Gasteiger partial charge in [-0.15, -0.1) is 0 Å². The second-order valence-corrected chi connectivity index (χ2v) is 8.03. The van der Waals surface area contributed by atoms with Crippen molar-refractivity contribution in [3.63, 3.8) is 0 Å². The number of hydrogen-bond donors (Lipinski definition) is 2. The summed E-state index contributed by atoms with van der Waals surface area (Å²) in [5.41, 5.74) is 3.36. The maximum Gasteiger partial charge on any atom is 0.319 e. The lowest BCUT2D eigenvalue weighted by molar-refractivity contribution is -0.117. The highest BCUT2D eigenvalue weighted by Gasteiger charge is 2.35. The summed E-state index contributed by atoms with van der Waals surface area (Å²) in [5, 5.41) is 9.66. The van der Waals surface area contributed by atoms with Crippen LogP contribution < -0.4 is 15.5 Å². The minimum atomic E-state index is -0.276. The van der Waals surface area contributed by atoms with E-state index < -0.39 is 0 Å². The van der Waals surface area contributed by atoms with Gasteiger partial charge in [0.25, 0.3) is 0 Å². The number of hydrogen-bond acceptors (Lipinski definition) is 5. The molecule has 1 saturated heterocycles. The lowest BCUT2D eigenvalue weighted by Gasteiger charge is -2.16. The van der Waals surface area contributed by atoms with Crippen molar-refractivity contribution in [1.29, 1.82) is 0 Å². The van der Waals surface area contributed by atoms with Gasteiger partial charge in [-0.05, 0) is 45.0 Å². The highest BCUT2D eigenvalue weighted by molar-refractivity contribution is 5.96. The van der Waals surface area contributed by atoms with Crippen LogP contribution in [0.4, 0.5) is 16.2 Å². The quantitative estimate of drug-likeness (QED) is 0.649. The van der Waals surface area contributed by atoms with E-state index in [4.69, 9.17) is 4.52 Å². The Morgan fingerprint density at radius 1 is 1.19 bits per heavy atom. The molecule has 0 saturated carbocycles. The summed E-state index contributed by atoms with van der Waals surface area (Å²) in [6.07, 6.45) is 0.326. The molecule has 2 N–H and O–H groups in total. The van der Waals surface area contributed by atoms with E-state index in [1.165, 1.54) is 0 Å². The van der Waals surface area contributed by atoms with Gasteiger partial charge in [0.05, 0.1) is 5.92 Å². The molecule has 1 atom stereocenters. The number of amides is 3. The Morgan fingerprint density at radius 3 is 2.71 bits per heavy atom. The molecule has 1 aliphatic heterocycles. The van der Waals surface area contributed by atoms with Gasteiger partial charge in [-0.3, -0.25) is 4.79 Å². The van der Waals surface area contributed by atoms with Crippen molar-refractivity contribution in [2.45, 2.75) is 39.2 Å². The largest absolute Gasteiger partial charge is 0.339 e. The van der Waals surface area contributed by atoms with E-state index in [9.17, 15) is 9.59 Å². The van der Waals surface area contributed by atoms with E-state index >= 15 is 0 Å². The number of rotatable bonds is 5. The standard InChI is InChI=1S/C23H25N5O3/c1-14(2)24-23(30)25-18-6-4-5-16(11-18)21-26-22(31-27-21)17-12-20(29)28(13-17)19-9-7-15(3)8-10-19/h4-11,14,17H,12-13H2,1-3H3,(H2,24,25,30)/t17-/m0/s1. The number of carbonyl (C=O) groups is 2. The van der Waals surface area contributed by atoms with Crippen LogP contribution in [0.2, 0.25) is 0 Å². The third kappa shape index (κ3) is 4.74. The van der Waals surface area contributed by atoms with Crippen molar-refractivity contribution in [3.05, 3.63) is 60.0 Å². The van der Waals surface area contributed by atoms with Gasteiger partial charge in [-0.1, -0.05) is 35.0 Å². The van der Waals surface area contributed by atoms with Crippen LogP contribution in [0.5, 0.6) is 0 Å². The first-order valence-corrected chi connectivity index (χ1v) is 10.3. The monoisotopic (exact) mass is 419 g/mol. The summed E-state index contributed by atoms with van der Waals surface area (Å²) in [7, 11) is 0. The highest BCUT2D eigenvalue weighted by atomic mass is 16.5. The summed E-state index contributed by atoms with van der Waals surface area (Å²) < 4.78 is 5.49. The van der Waals surface area contributed by atoms with Crippen LogP contribution in [-0.4, -0.2) is 34.7 Å². The van der Waals surface area contributed by atoms with Crippen molar-refractivity contribution in [1.82, 2.24) is 15.5 Å². The minimum absolute atomic E-state index is 0.0379. The van der Waals surface area contributed by atoms with Crippen molar-refractivity contribution in [2.75, 3.05) is 16.8 Å². The van der Waals surface area contributed by atoms with Crippen LogP contribution in [0.1, 0.15) is 37.6 Å². The van der Waals surface area contributed by atoms with Crippen LogP contribution in [0.25, 0.3) is 11.4 Å². The molecule has 0 aliphatic carbocycles. The molecule has 3 amide bonds. The molecule has 2 heterocycles. The number of carbonyl (C=O) groups excluding carboxylic acids is 2. The molecule has 0 spiro atoms. The first-order valence-electron chi connectivity index (χ1n) is 10.3. The molecular weight excluding hydrogens is 394 g/mol. The molecule has 4 rings (SSSR count). The zero-order valence-electron chi connectivity index (χ0n) is 17.8. The Bertz CT molecular complexity index is 1090. The van der Waals surface area contributed by atoms with E-state index in [1.807, 2.05) is 57.2 Å². The van der Waals surface area contributed by atoms with Crippen molar-refractivity contribution >= 4 is 23.3 Å². The molecular formula is C23H25N5O3. The molecule has 160 valence electrons. The Kier molecular flexibility index (Phi) is 5.70. The minimum Gasteiger partial charge on any atom is -0.339 e. The van der Waals surface area contributed by atoms with Crippen LogP contribution in [0.3, 0.4) is 0 Å². The first-order chi connectivity index (χ1) is 14.9. The molecule has 0 radical (unpaired) electrons. The van der Waals surface area contributed by atoms with Gasteiger partial charge >= 0.3 is 6.03 Å². The van der Waals surface area contributed by atoms with Gasteiger partial charge in [-0.2, -0.15) is 4.98 Å². The second kappa shape index (κ2) is 8.59. The van der Waals surface area contributed by atoms with Gasteiger partial charge in [0.2, 0.25) is 17.6 Å². The average Bonchev–Trinajstić information content (AvgIpc) is 3.35. The van der Waals surface area contributed by atoms with Gasteiger partial charge in [0.15, 0.2) is 0 Å². The number of aromatic nitrogens is 2. The molecule has 0 bridgehead atoms. The molecule has 1 aliphatic rings. The number of nitrogens with zero attached hydrogens (tertiary/aromatic N) is 3. The average molecular weight is 419 g/mol. The summed E-state index contributed by atoms with van der Waals surface area (Å²) in [5.74, 6) is 0.738. The van der Waals surface area contributed by atoms with Crippen molar-refractivity contribution < 1.29 is 14.1 Å². The topological polar surface area (TPSA) is 100 Å². The summed E-state index contributed by atoms with van der Waals surface area (Å²) in [6, 6.07) is 14.9. The molecule has 3 aromatic rings. The zero-order valence-corrected chi connectivity index (χ0v) is 17.8.